The van der Waals surface area contributed by atoms with Crippen molar-refractivity contribution in [3.8, 4) is 0 Å². The zero-order chi connectivity index (χ0) is 14.8. The van der Waals surface area contributed by atoms with Gasteiger partial charge in [0.05, 0.1) is 11.5 Å². The Morgan fingerprint density at radius 1 is 1.30 bits per heavy atom. The summed E-state index contributed by atoms with van der Waals surface area (Å²) in [6.07, 6.45) is 5.66. The Morgan fingerprint density at radius 2 is 1.95 bits per heavy atom. The fraction of sp³-hybridized carbons (Fsp3) is 0.929. The van der Waals surface area contributed by atoms with Gasteiger partial charge < -0.3 is 10.2 Å². The lowest BCUT2D eigenvalue weighted by Crippen LogP contribution is -2.51. The summed E-state index contributed by atoms with van der Waals surface area (Å²) in [6.45, 7) is 0.679. The first-order chi connectivity index (χ1) is 9.33. The largest absolute Gasteiger partial charge is 0.354 e. The number of amides is 1. The van der Waals surface area contributed by atoms with Crippen LogP contribution in [0.5, 0.6) is 0 Å². The summed E-state index contributed by atoms with van der Waals surface area (Å²) in [7, 11) is 1.26. The molecule has 1 unspecified atom stereocenters. The van der Waals surface area contributed by atoms with Gasteiger partial charge in [0.25, 0.3) is 0 Å². The van der Waals surface area contributed by atoms with Crippen molar-refractivity contribution < 1.29 is 13.2 Å². The van der Waals surface area contributed by atoms with Gasteiger partial charge in [-0.2, -0.15) is 0 Å². The van der Waals surface area contributed by atoms with Crippen LogP contribution in [-0.4, -0.2) is 56.9 Å². The average Bonchev–Trinajstić information content (AvgIpc) is 2.94. The molecule has 2 aliphatic rings. The molecule has 0 radical (unpaired) electrons. The van der Waals surface area contributed by atoms with E-state index in [2.05, 4.69) is 24.3 Å². The Hall–Kier alpha value is -0.620. The highest BCUT2D eigenvalue weighted by Crippen LogP contribution is 2.33. The summed E-state index contributed by atoms with van der Waals surface area (Å²) in [4.78, 5) is 14.2. The monoisotopic (exact) mass is 302 g/mol. The second kappa shape index (κ2) is 6.02. The van der Waals surface area contributed by atoms with E-state index in [1.807, 2.05) is 0 Å². The third kappa shape index (κ3) is 3.73. The van der Waals surface area contributed by atoms with E-state index in [1.54, 1.807) is 0 Å². The van der Waals surface area contributed by atoms with Crippen LogP contribution in [0.4, 0.5) is 0 Å². The Balaban J connectivity index is 1.80. The van der Waals surface area contributed by atoms with E-state index in [1.165, 1.54) is 12.8 Å². The predicted octanol–water partition coefficient (Wildman–Crippen LogP) is 0.802. The SMILES string of the molecule is CN(C)C1(CNC(=O)CC2CCS(=O)(=O)C2)CCCC1. The molecule has 1 N–H and O–H groups in total. The van der Waals surface area contributed by atoms with Gasteiger partial charge in [0, 0.05) is 18.5 Å². The summed E-state index contributed by atoms with van der Waals surface area (Å²) in [5.74, 6) is 0.436. The maximum absolute atomic E-state index is 12.0. The molecule has 20 heavy (non-hydrogen) atoms. The lowest BCUT2D eigenvalue weighted by atomic mass is 9.95. The van der Waals surface area contributed by atoms with Gasteiger partial charge >= 0.3 is 0 Å². The van der Waals surface area contributed by atoms with Crippen LogP contribution in [0.3, 0.4) is 0 Å². The van der Waals surface area contributed by atoms with Crippen molar-refractivity contribution in [1.82, 2.24) is 10.2 Å². The molecular weight excluding hydrogens is 276 g/mol. The fourth-order valence-corrected chi connectivity index (χ4v) is 5.31. The first kappa shape index (κ1) is 15.8. The Labute approximate surface area is 122 Å². The number of hydrogen-bond donors (Lipinski definition) is 1. The van der Waals surface area contributed by atoms with E-state index >= 15 is 0 Å². The number of nitrogens with zero attached hydrogens (tertiary/aromatic N) is 1. The van der Waals surface area contributed by atoms with Crippen molar-refractivity contribution in [2.24, 2.45) is 5.92 Å². The number of nitrogens with one attached hydrogen (secondary N) is 1. The van der Waals surface area contributed by atoms with Crippen LogP contribution in [0.2, 0.25) is 0 Å². The summed E-state index contributed by atoms with van der Waals surface area (Å²) in [6, 6.07) is 0. The van der Waals surface area contributed by atoms with Crippen molar-refractivity contribution in [3.05, 3.63) is 0 Å². The van der Waals surface area contributed by atoms with Gasteiger partial charge in [-0.15, -0.1) is 0 Å². The maximum atomic E-state index is 12.0. The second-order valence-corrected chi connectivity index (χ2v) is 8.80. The number of rotatable bonds is 5. The molecule has 0 aromatic heterocycles. The number of sulfone groups is 1. The van der Waals surface area contributed by atoms with Crippen molar-refractivity contribution in [2.45, 2.75) is 44.1 Å². The molecule has 1 saturated carbocycles. The molecule has 5 nitrogen and oxygen atoms in total. The molecule has 0 aromatic rings. The number of likely N-dealkylation sites (N-methyl/N-ethyl adjacent to an activating group) is 1. The normalized spacial score (nSPS) is 27.9. The van der Waals surface area contributed by atoms with Gasteiger partial charge in [0.15, 0.2) is 9.84 Å². The van der Waals surface area contributed by atoms with E-state index in [9.17, 15) is 13.2 Å². The predicted molar refractivity (Wildman–Crippen MR) is 79.3 cm³/mol. The quantitative estimate of drug-likeness (QED) is 0.816. The van der Waals surface area contributed by atoms with Crippen LogP contribution in [-0.2, 0) is 14.6 Å². The fourth-order valence-electron chi connectivity index (χ4n) is 3.45. The molecule has 1 aliphatic carbocycles. The van der Waals surface area contributed by atoms with Crippen molar-refractivity contribution in [3.63, 3.8) is 0 Å². The lowest BCUT2D eigenvalue weighted by molar-refractivity contribution is -0.122. The first-order valence-electron chi connectivity index (χ1n) is 7.48. The van der Waals surface area contributed by atoms with Crippen molar-refractivity contribution >= 4 is 15.7 Å². The molecule has 0 aromatic carbocycles. The highest BCUT2D eigenvalue weighted by molar-refractivity contribution is 7.91. The Kier molecular flexibility index (Phi) is 4.74. The standard InChI is InChI=1S/C14H26N2O3S/c1-16(2)14(6-3-4-7-14)11-15-13(17)9-12-5-8-20(18,19)10-12/h12H,3-11H2,1-2H3,(H,15,17). The molecule has 0 bridgehead atoms. The smallest absolute Gasteiger partial charge is 0.220 e. The Morgan fingerprint density at radius 3 is 2.45 bits per heavy atom. The summed E-state index contributed by atoms with van der Waals surface area (Å²) in [5.41, 5.74) is 0.0947. The van der Waals surface area contributed by atoms with Crippen LogP contribution in [0.15, 0.2) is 0 Å². The van der Waals surface area contributed by atoms with Crippen molar-refractivity contribution in [1.29, 1.82) is 0 Å². The van der Waals surface area contributed by atoms with Crippen LogP contribution >= 0.6 is 0 Å². The van der Waals surface area contributed by atoms with Gasteiger partial charge in [-0.3, -0.25) is 4.79 Å². The molecule has 1 atom stereocenters. The number of carbonyl (C=O) groups is 1. The van der Waals surface area contributed by atoms with Gasteiger partial charge in [-0.25, -0.2) is 8.42 Å². The van der Waals surface area contributed by atoms with E-state index in [4.69, 9.17) is 0 Å². The highest BCUT2D eigenvalue weighted by atomic mass is 32.2. The molecule has 2 fully saturated rings. The average molecular weight is 302 g/mol. The summed E-state index contributed by atoms with van der Waals surface area (Å²) in [5, 5.41) is 3.03. The number of hydrogen-bond acceptors (Lipinski definition) is 4. The van der Waals surface area contributed by atoms with Crippen molar-refractivity contribution in [2.75, 3.05) is 32.1 Å². The van der Waals surface area contributed by atoms with E-state index in [-0.39, 0.29) is 28.9 Å². The van der Waals surface area contributed by atoms with Gasteiger partial charge in [0.1, 0.15) is 0 Å². The molecule has 1 saturated heterocycles. The van der Waals surface area contributed by atoms with Crippen LogP contribution in [0.25, 0.3) is 0 Å². The minimum Gasteiger partial charge on any atom is -0.354 e. The number of carbonyl (C=O) groups excluding carboxylic acids is 1. The Bertz CT molecular complexity index is 453. The van der Waals surface area contributed by atoms with Crippen LogP contribution < -0.4 is 5.32 Å². The minimum absolute atomic E-state index is 0.000208. The van der Waals surface area contributed by atoms with E-state index in [0.717, 1.165) is 12.8 Å². The topological polar surface area (TPSA) is 66.5 Å². The third-order valence-electron chi connectivity index (χ3n) is 4.90. The molecule has 2 rings (SSSR count). The molecule has 1 amide bonds. The summed E-state index contributed by atoms with van der Waals surface area (Å²) < 4.78 is 22.8. The molecule has 116 valence electrons. The maximum Gasteiger partial charge on any atom is 0.220 e. The first-order valence-corrected chi connectivity index (χ1v) is 9.30. The summed E-state index contributed by atoms with van der Waals surface area (Å²) >= 11 is 0. The molecule has 1 aliphatic heterocycles. The lowest BCUT2D eigenvalue weighted by Gasteiger charge is -2.36. The molecule has 1 heterocycles. The molecular formula is C14H26N2O3S. The van der Waals surface area contributed by atoms with Crippen LogP contribution in [0.1, 0.15) is 38.5 Å². The molecule has 6 heteroatoms. The third-order valence-corrected chi connectivity index (χ3v) is 6.74. The minimum atomic E-state index is -2.89. The van der Waals surface area contributed by atoms with Gasteiger partial charge in [0.2, 0.25) is 5.91 Å². The second-order valence-electron chi connectivity index (χ2n) is 6.58. The van der Waals surface area contributed by atoms with E-state index < -0.39 is 9.84 Å². The van der Waals surface area contributed by atoms with Crippen LogP contribution in [0, 0.1) is 5.92 Å². The van der Waals surface area contributed by atoms with E-state index in [0.29, 0.717) is 19.4 Å². The highest BCUT2D eigenvalue weighted by Gasteiger charge is 2.36. The van der Waals surface area contributed by atoms with Gasteiger partial charge in [-0.1, -0.05) is 12.8 Å². The molecule has 0 spiro atoms. The van der Waals surface area contributed by atoms with Gasteiger partial charge in [-0.05, 0) is 39.3 Å². The zero-order valence-corrected chi connectivity index (χ0v) is 13.3. The zero-order valence-electron chi connectivity index (χ0n) is 12.5.